The van der Waals surface area contributed by atoms with E-state index < -0.39 is 0 Å². The van der Waals surface area contributed by atoms with Crippen molar-refractivity contribution in [3.63, 3.8) is 0 Å². The van der Waals surface area contributed by atoms with Gasteiger partial charge in [-0.05, 0) is 25.5 Å². The standard InChI is InChI=1S/C17H16N4OS/c1-11(13-7-4-3-5-8-13)20-16(22)14-12(2)21-17(23-14)15-18-9-6-10-19-15/h3-11H,1-2H3,(H,20,22). The molecule has 1 N–H and O–H groups in total. The molecule has 5 nitrogen and oxygen atoms in total. The highest BCUT2D eigenvalue weighted by atomic mass is 32.1. The Morgan fingerprint density at radius 1 is 1.13 bits per heavy atom. The lowest BCUT2D eigenvalue weighted by Gasteiger charge is -2.13. The summed E-state index contributed by atoms with van der Waals surface area (Å²) in [7, 11) is 0. The number of carbonyl (C=O) groups excluding carboxylic acids is 1. The maximum atomic E-state index is 12.5. The molecule has 0 saturated carbocycles. The zero-order valence-corrected chi connectivity index (χ0v) is 13.7. The van der Waals surface area contributed by atoms with Gasteiger partial charge in [-0.15, -0.1) is 11.3 Å². The summed E-state index contributed by atoms with van der Waals surface area (Å²) in [5.41, 5.74) is 1.75. The van der Waals surface area contributed by atoms with Gasteiger partial charge in [0.25, 0.3) is 5.91 Å². The monoisotopic (exact) mass is 324 g/mol. The molecule has 0 saturated heterocycles. The molecule has 2 aromatic heterocycles. The third kappa shape index (κ3) is 3.43. The number of hydrogen-bond acceptors (Lipinski definition) is 5. The van der Waals surface area contributed by atoms with E-state index >= 15 is 0 Å². The van der Waals surface area contributed by atoms with Crippen molar-refractivity contribution in [2.45, 2.75) is 19.9 Å². The number of thiazole rings is 1. The van der Waals surface area contributed by atoms with Crippen LogP contribution in [0.5, 0.6) is 0 Å². The average molecular weight is 324 g/mol. The summed E-state index contributed by atoms with van der Waals surface area (Å²) in [4.78, 5) is 25.9. The number of aryl methyl sites for hydroxylation is 1. The summed E-state index contributed by atoms with van der Waals surface area (Å²) in [6, 6.07) is 11.5. The Kier molecular flexibility index (Phi) is 4.43. The van der Waals surface area contributed by atoms with Gasteiger partial charge in [-0.2, -0.15) is 0 Å². The van der Waals surface area contributed by atoms with E-state index in [0.29, 0.717) is 21.4 Å². The number of hydrogen-bond donors (Lipinski definition) is 1. The highest BCUT2D eigenvalue weighted by molar-refractivity contribution is 7.17. The number of nitrogens with one attached hydrogen (secondary N) is 1. The summed E-state index contributed by atoms with van der Waals surface area (Å²) < 4.78 is 0. The number of amides is 1. The molecule has 1 unspecified atom stereocenters. The van der Waals surface area contributed by atoms with E-state index in [9.17, 15) is 4.79 Å². The van der Waals surface area contributed by atoms with Crippen molar-refractivity contribution in [1.82, 2.24) is 20.3 Å². The second-order valence-electron chi connectivity index (χ2n) is 5.11. The van der Waals surface area contributed by atoms with Crippen molar-refractivity contribution >= 4 is 17.2 Å². The normalized spacial score (nSPS) is 11.9. The Balaban J connectivity index is 1.79. The first-order valence-electron chi connectivity index (χ1n) is 7.26. The first kappa shape index (κ1) is 15.3. The van der Waals surface area contributed by atoms with Gasteiger partial charge in [0.1, 0.15) is 4.88 Å². The van der Waals surface area contributed by atoms with Gasteiger partial charge in [-0.1, -0.05) is 30.3 Å². The molecule has 3 rings (SSSR count). The first-order valence-corrected chi connectivity index (χ1v) is 8.07. The molecule has 1 amide bonds. The lowest BCUT2D eigenvalue weighted by molar-refractivity contribution is 0.0943. The van der Waals surface area contributed by atoms with Gasteiger partial charge in [0.2, 0.25) is 0 Å². The predicted octanol–water partition coefficient (Wildman–Crippen LogP) is 3.40. The molecular formula is C17H16N4OS. The largest absolute Gasteiger partial charge is 0.345 e. The third-order valence-corrected chi connectivity index (χ3v) is 4.56. The maximum absolute atomic E-state index is 12.5. The fraction of sp³-hybridized carbons (Fsp3) is 0.176. The third-order valence-electron chi connectivity index (χ3n) is 3.41. The number of nitrogens with zero attached hydrogens (tertiary/aromatic N) is 3. The van der Waals surface area contributed by atoms with Gasteiger partial charge in [0.05, 0.1) is 11.7 Å². The fourth-order valence-electron chi connectivity index (χ4n) is 2.20. The van der Waals surface area contributed by atoms with Crippen molar-refractivity contribution in [1.29, 1.82) is 0 Å². The number of rotatable bonds is 4. The Morgan fingerprint density at radius 3 is 2.52 bits per heavy atom. The Hall–Kier alpha value is -2.60. The maximum Gasteiger partial charge on any atom is 0.263 e. The first-order chi connectivity index (χ1) is 11.1. The molecule has 1 atom stereocenters. The highest BCUT2D eigenvalue weighted by Crippen LogP contribution is 2.25. The molecule has 116 valence electrons. The molecular weight excluding hydrogens is 308 g/mol. The van der Waals surface area contributed by atoms with E-state index in [1.807, 2.05) is 44.2 Å². The molecule has 2 heterocycles. The zero-order chi connectivity index (χ0) is 16.2. The van der Waals surface area contributed by atoms with E-state index in [1.54, 1.807) is 18.5 Å². The van der Waals surface area contributed by atoms with E-state index in [-0.39, 0.29) is 11.9 Å². The van der Waals surface area contributed by atoms with Crippen molar-refractivity contribution in [2.24, 2.45) is 0 Å². The Bertz CT molecular complexity index is 802. The number of carbonyl (C=O) groups is 1. The predicted molar refractivity (Wildman–Crippen MR) is 90.2 cm³/mol. The van der Waals surface area contributed by atoms with Crippen LogP contribution in [0.3, 0.4) is 0 Å². The van der Waals surface area contributed by atoms with E-state index in [2.05, 4.69) is 20.3 Å². The van der Waals surface area contributed by atoms with Crippen LogP contribution in [0.15, 0.2) is 48.8 Å². The molecule has 3 aromatic rings. The fourth-order valence-corrected chi connectivity index (χ4v) is 3.12. The Morgan fingerprint density at radius 2 is 1.83 bits per heavy atom. The van der Waals surface area contributed by atoms with Gasteiger partial charge in [-0.25, -0.2) is 15.0 Å². The van der Waals surface area contributed by atoms with Crippen LogP contribution in [0.25, 0.3) is 10.8 Å². The molecule has 0 bridgehead atoms. The quantitative estimate of drug-likeness (QED) is 0.798. The van der Waals surface area contributed by atoms with Gasteiger partial charge in [0, 0.05) is 12.4 Å². The summed E-state index contributed by atoms with van der Waals surface area (Å²) >= 11 is 1.31. The molecule has 0 spiro atoms. The summed E-state index contributed by atoms with van der Waals surface area (Å²) in [6.07, 6.45) is 3.33. The van der Waals surface area contributed by atoms with Crippen LogP contribution < -0.4 is 5.32 Å². The van der Waals surface area contributed by atoms with Crippen molar-refractivity contribution < 1.29 is 4.79 Å². The molecule has 23 heavy (non-hydrogen) atoms. The molecule has 0 aliphatic heterocycles. The topological polar surface area (TPSA) is 67.8 Å². The van der Waals surface area contributed by atoms with Crippen LogP contribution in [0.1, 0.15) is 33.9 Å². The van der Waals surface area contributed by atoms with Crippen LogP contribution in [0.2, 0.25) is 0 Å². The summed E-state index contributed by atoms with van der Waals surface area (Å²) in [5.74, 6) is 0.411. The minimum Gasteiger partial charge on any atom is -0.345 e. The van der Waals surface area contributed by atoms with E-state index in [4.69, 9.17) is 0 Å². The Labute approximate surface area is 138 Å². The lowest BCUT2D eigenvalue weighted by atomic mass is 10.1. The molecule has 0 fully saturated rings. The van der Waals surface area contributed by atoms with Gasteiger partial charge in [-0.3, -0.25) is 4.79 Å². The molecule has 0 aliphatic carbocycles. The molecule has 0 aliphatic rings. The second-order valence-corrected chi connectivity index (χ2v) is 6.11. The van der Waals surface area contributed by atoms with Gasteiger partial charge >= 0.3 is 0 Å². The van der Waals surface area contributed by atoms with Crippen molar-refractivity contribution in [3.05, 3.63) is 64.9 Å². The second kappa shape index (κ2) is 6.66. The number of aromatic nitrogens is 3. The average Bonchev–Trinajstić information content (AvgIpc) is 2.98. The zero-order valence-electron chi connectivity index (χ0n) is 12.9. The van der Waals surface area contributed by atoms with Crippen LogP contribution in [-0.2, 0) is 0 Å². The van der Waals surface area contributed by atoms with Gasteiger partial charge < -0.3 is 5.32 Å². The van der Waals surface area contributed by atoms with E-state index in [0.717, 1.165) is 5.56 Å². The molecule has 0 radical (unpaired) electrons. The SMILES string of the molecule is Cc1nc(-c2ncccn2)sc1C(=O)NC(C)c1ccccc1. The minimum absolute atomic E-state index is 0.0679. The van der Waals surface area contributed by atoms with Crippen molar-refractivity contribution in [2.75, 3.05) is 0 Å². The molecule has 6 heteroatoms. The minimum atomic E-state index is -0.126. The summed E-state index contributed by atoms with van der Waals surface area (Å²) in [5, 5.41) is 3.66. The lowest BCUT2D eigenvalue weighted by Crippen LogP contribution is -2.26. The van der Waals surface area contributed by atoms with Crippen LogP contribution >= 0.6 is 11.3 Å². The highest BCUT2D eigenvalue weighted by Gasteiger charge is 2.19. The van der Waals surface area contributed by atoms with Crippen LogP contribution in [0.4, 0.5) is 0 Å². The van der Waals surface area contributed by atoms with Gasteiger partial charge in [0.15, 0.2) is 10.8 Å². The smallest absolute Gasteiger partial charge is 0.263 e. The van der Waals surface area contributed by atoms with E-state index in [1.165, 1.54) is 11.3 Å². The van der Waals surface area contributed by atoms with Crippen molar-refractivity contribution in [3.8, 4) is 10.8 Å². The molecule has 1 aromatic carbocycles. The van der Waals surface area contributed by atoms with Crippen LogP contribution in [0, 0.1) is 6.92 Å². The van der Waals surface area contributed by atoms with Crippen LogP contribution in [-0.4, -0.2) is 20.9 Å². The summed E-state index contributed by atoms with van der Waals surface area (Å²) in [6.45, 7) is 3.79. The number of benzene rings is 1.